The van der Waals surface area contributed by atoms with Crippen LogP contribution in [0.15, 0.2) is 16.5 Å². The summed E-state index contributed by atoms with van der Waals surface area (Å²) >= 11 is 0. The number of furan rings is 1. The number of hydrogen-bond donors (Lipinski definition) is 1. The summed E-state index contributed by atoms with van der Waals surface area (Å²) in [5.74, 6) is 0.949. The largest absolute Gasteiger partial charge is 0.457 e. The Balaban J connectivity index is 2.88. The Kier molecular flexibility index (Phi) is 1.87. The van der Waals surface area contributed by atoms with Crippen LogP contribution in [0.5, 0.6) is 0 Å². The first-order chi connectivity index (χ1) is 4.74. The predicted octanol–water partition coefficient (Wildman–Crippen LogP) is 0.941. The molecule has 3 nitrogen and oxygen atoms in total. The summed E-state index contributed by atoms with van der Waals surface area (Å²) in [7, 11) is 0. The number of rotatable bonds is 2. The molecular weight excluding hydrogens is 130 g/mol. The van der Waals surface area contributed by atoms with Crippen molar-refractivity contribution in [1.29, 1.82) is 0 Å². The molecule has 0 spiro atoms. The van der Waals surface area contributed by atoms with E-state index in [0.29, 0.717) is 18.1 Å². The van der Waals surface area contributed by atoms with Crippen LogP contribution >= 0.6 is 0 Å². The number of nitrogens with two attached hydrogens (primary N) is 1. The van der Waals surface area contributed by atoms with Crippen LogP contribution in [-0.4, -0.2) is 5.78 Å². The second-order valence-corrected chi connectivity index (χ2v) is 2.03. The van der Waals surface area contributed by atoms with Gasteiger partial charge in [-0.1, -0.05) is 0 Å². The molecule has 1 aromatic heterocycles. The van der Waals surface area contributed by atoms with Gasteiger partial charge < -0.3 is 10.2 Å². The molecule has 0 amide bonds. The van der Waals surface area contributed by atoms with Crippen molar-refractivity contribution in [2.45, 2.75) is 13.5 Å². The summed E-state index contributed by atoms with van der Waals surface area (Å²) in [6.45, 7) is 1.80. The zero-order valence-corrected chi connectivity index (χ0v) is 5.76. The molecule has 1 heterocycles. The highest BCUT2D eigenvalue weighted by Gasteiger charge is 2.03. The van der Waals surface area contributed by atoms with E-state index in [1.54, 1.807) is 12.1 Å². The first-order valence-corrected chi connectivity index (χ1v) is 3.03. The van der Waals surface area contributed by atoms with Crippen LogP contribution in [0, 0.1) is 0 Å². The quantitative estimate of drug-likeness (QED) is 0.620. The highest BCUT2D eigenvalue weighted by atomic mass is 16.3. The number of Topliss-reactive ketones (excluding diaryl/α,β-unsaturated/α-hetero) is 1. The van der Waals surface area contributed by atoms with Crippen LogP contribution in [0.4, 0.5) is 0 Å². The Morgan fingerprint density at radius 1 is 1.70 bits per heavy atom. The maximum Gasteiger partial charge on any atom is 0.194 e. The summed E-state index contributed by atoms with van der Waals surface area (Å²) in [6, 6.07) is 3.33. The lowest BCUT2D eigenvalue weighted by Crippen LogP contribution is -1.93. The second-order valence-electron chi connectivity index (χ2n) is 2.03. The summed E-state index contributed by atoms with van der Waals surface area (Å²) < 4.78 is 5.02. The van der Waals surface area contributed by atoms with E-state index in [1.165, 1.54) is 6.92 Å². The van der Waals surface area contributed by atoms with E-state index in [0.717, 1.165) is 0 Å². The minimum Gasteiger partial charge on any atom is -0.457 e. The molecule has 1 aromatic rings. The van der Waals surface area contributed by atoms with Gasteiger partial charge in [-0.05, 0) is 12.1 Å². The minimum atomic E-state index is -0.0697. The Labute approximate surface area is 58.8 Å². The van der Waals surface area contributed by atoms with Crippen LogP contribution in [-0.2, 0) is 6.54 Å². The molecule has 0 fully saturated rings. The highest BCUT2D eigenvalue weighted by molar-refractivity contribution is 5.91. The van der Waals surface area contributed by atoms with Crippen LogP contribution < -0.4 is 5.73 Å². The maximum atomic E-state index is 10.6. The van der Waals surface area contributed by atoms with E-state index in [-0.39, 0.29) is 5.78 Å². The molecule has 2 N–H and O–H groups in total. The van der Waals surface area contributed by atoms with Crippen molar-refractivity contribution in [1.82, 2.24) is 0 Å². The first kappa shape index (κ1) is 7.02. The third-order valence-corrected chi connectivity index (χ3v) is 1.21. The number of hydrogen-bond acceptors (Lipinski definition) is 3. The molecule has 0 atom stereocenters. The fourth-order valence-corrected chi connectivity index (χ4v) is 0.677. The normalized spacial score (nSPS) is 9.80. The Bertz CT molecular complexity index is 240. The van der Waals surface area contributed by atoms with E-state index >= 15 is 0 Å². The van der Waals surface area contributed by atoms with Gasteiger partial charge in [-0.2, -0.15) is 0 Å². The molecule has 54 valence electrons. The SMILES string of the molecule is CC(=O)c1ccc(CN)o1. The van der Waals surface area contributed by atoms with Gasteiger partial charge in [0, 0.05) is 6.92 Å². The van der Waals surface area contributed by atoms with Crippen molar-refractivity contribution in [2.24, 2.45) is 5.73 Å². The minimum absolute atomic E-state index is 0.0697. The van der Waals surface area contributed by atoms with Gasteiger partial charge >= 0.3 is 0 Å². The Morgan fingerprint density at radius 2 is 2.40 bits per heavy atom. The van der Waals surface area contributed by atoms with Gasteiger partial charge in [0.25, 0.3) is 0 Å². The lowest BCUT2D eigenvalue weighted by Gasteiger charge is -1.86. The van der Waals surface area contributed by atoms with Gasteiger partial charge in [0.1, 0.15) is 5.76 Å². The Hall–Kier alpha value is -1.09. The molecule has 0 unspecified atom stereocenters. The van der Waals surface area contributed by atoms with Gasteiger partial charge in [0.15, 0.2) is 11.5 Å². The maximum absolute atomic E-state index is 10.6. The molecule has 0 radical (unpaired) electrons. The molecule has 0 bridgehead atoms. The van der Waals surface area contributed by atoms with Gasteiger partial charge in [0.2, 0.25) is 0 Å². The summed E-state index contributed by atoms with van der Waals surface area (Å²) in [5.41, 5.74) is 5.26. The van der Waals surface area contributed by atoms with Crippen LogP contribution in [0.2, 0.25) is 0 Å². The molecule has 0 aliphatic heterocycles. The summed E-state index contributed by atoms with van der Waals surface area (Å²) in [6.07, 6.45) is 0. The molecule has 0 aliphatic carbocycles. The third-order valence-electron chi connectivity index (χ3n) is 1.21. The molecule has 0 saturated carbocycles. The molecule has 0 aliphatic rings. The average molecular weight is 139 g/mol. The molecule has 0 saturated heterocycles. The van der Waals surface area contributed by atoms with E-state index in [1.807, 2.05) is 0 Å². The summed E-state index contributed by atoms with van der Waals surface area (Å²) in [5, 5.41) is 0. The third kappa shape index (κ3) is 1.25. The Morgan fingerprint density at radius 3 is 2.70 bits per heavy atom. The number of carbonyl (C=O) groups is 1. The van der Waals surface area contributed by atoms with Crippen LogP contribution in [0.3, 0.4) is 0 Å². The first-order valence-electron chi connectivity index (χ1n) is 3.03. The standard InChI is InChI=1S/C7H9NO2/c1-5(9)7-3-2-6(4-8)10-7/h2-3H,4,8H2,1H3. The summed E-state index contributed by atoms with van der Waals surface area (Å²) in [4.78, 5) is 10.6. The molecule has 1 rings (SSSR count). The zero-order chi connectivity index (χ0) is 7.56. The van der Waals surface area contributed by atoms with Gasteiger partial charge in [-0.3, -0.25) is 4.79 Å². The molecular formula is C7H9NO2. The zero-order valence-electron chi connectivity index (χ0n) is 5.76. The van der Waals surface area contributed by atoms with Crippen molar-refractivity contribution in [3.63, 3.8) is 0 Å². The van der Waals surface area contributed by atoms with Crippen molar-refractivity contribution < 1.29 is 9.21 Å². The van der Waals surface area contributed by atoms with E-state index < -0.39 is 0 Å². The topological polar surface area (TPSA) is 56.2 Å². The lowest BCUT2D eigenvalue weighted by atomic mass is 10.3. The van der Waals surface area contributed by atoms with Crippen LogP contribution in [0.1, 0.15) is 23.2 Å². The second kappa shape index (κ2) is 2.66. The fourth-order valence-electron chi connectivity index (χ4n) is 0.677. The number of carbonyl (C=O) groups excluding carboxylic acids is 1. The van der Waals surface area contributed by atoms with Gasteiger partial charge in [0.05, 0.1) is 6.54 Å². The van der Waals surface area contributed by atoms with E-state index in [2.05, 4.69) is 0 Å². The van der Waals surface area contributed by atoms with Crippen molar-refractivity contribution in [3.05, 3.63) is 23.7 Å². The van der Waals surface area contributed by atoms with Gasteiger partial charge in [-0.15, -0.1) is 0 Å². The number of ketones is 1. The van der Waals surface area contributed by atoms with E-state index in [4.69, 9.17) is 10.2 Å². The smallest absolute Gasteiger partial charge is 0.194 e. The predicted molar refractivity (Wildman–Crippen MR) is 36.6 cm³/mol. The average Bonchev–Trinajstić information content (AvgIpc) is 2.34. The van der Waals surface area contributed by atoms with Crippen molar-refractivity contribution >= 4 is 5.78 Å². The highest BCUT2D eigenvalue weighted by Crippen LogP contribution is 2.06. The van der Waals surface area contributed by atoms with E-state index in [9.17, 15) is 4.79 Å². The van der Waals surface area contributed by atoms with Gasteiger partial charge in [-0.25, -0.2) is 0 Å². The monoisotopic (exact) mass is 139 g/mol. The molecule has 0 aromatic carbocycles. The van der Waals surface area contributed by atoms with Crippen molar-refractivity contribution in [3.8, 4) is 0 Å². The molecule has 3 heteroatoms. The fraction of sp³-hybridized carbons (Fsp3) is 0.286. The molecule has 10 heavy (non-hydrogen) atoms. The van der Waals surface area contributed by atoms with Crippen LogP contribution in [0.25, 0.3) is 0 Å². The lowest BCUT2D eigenvalue weighted by molar-refractivity contribution is 0.0985. The van der Waals surface area contributed by atoms with Crippen molar-refractivity contribution in [2.75, 3.05) is 0 Å².